The number of hydrogen-bond acceptors (Lipinski definition) is 2. The van der Waals surface area contributed by atoms with E-state index in [2.05, 4.69) is 64.0 Å². The molecule has 0 spiro atoms. The molecule has 2 heterocycles. The van der Waals surface area contributed by atoms with Crippen LogP contribution in [0.5, 0.6) is 0 Å². The first-order chi connectivity index (χ1) is 9.61. The predicted octanol–water partition coefficient (Wildman–Crippen LogP) is 3.95. The molecule has 0 fully saturated rings. The van der Waals surface area contributed by atoms with Crippen LogP contribution in [0.15, 0.2) is 24.3 Å². The van der Waals surface area contributed by atoms with E-state index in [9.17, 15) is 0 Å². The van der Waals surface area contributed by atoms with Gasteiger partial charge in [0.25, 0.3) is 0 Å². The topological polar surface area (TPSA) is 21.1 Å². The minimum absolute atomic E-state index is 0.656. The van der Waals surface area contributed by atoms with E-state index in [0.717, 1.165) is 24.0 Å². The second kappa shape index (κ2) is 5.24. The molecule has 20 heavy (non-hydrogen) atoms. The molecule has 106 valence electrons. The number of rotatable bonds is 2. The van der Waals surface area contributed by atoms with Crippen molar-refractivity contribution in [1.82, 2.24) is 9.78 Å². The molecule has 0 saturated carbocycles. The van der Waals surface area contributed by atoms with Gasteiger partial charge in [0.2, 0.25) is 0 Å². The fourth-order valence-corrected chi connectivity index (χ4v) is 3.84. The molecular formula is C16H20BrN3. The first kappa shape index (κ1) is 13.7. The maximum Gasteiger partial charge on any atom is 0.135 e. The zero-order chi connectivity index (χ0) is 14.3. The SMILES string of the molecule is Cc1nn(C)c(N2CC(C)Cc3ccccc32)c1CBr. The van der Waals surface area contributed by atoms with Crippen molar-refractivity contribution in [2.45, 2.75) is 25.6 Å². The summed E-state index contributed by atoms with van der Waals surface area (Å²) in [6.07, 6.45) is 1.16. The standard InChI is InChI=1S/C16H20BrN3/c1-11-8-13-6-4-5-7-15(13)20(10-11)16-14(9-17)12(2)18-19(16)3/h4-7,11H,8-10H2,1-3H3. The third-order valence-electron chi connectivity index (χ3n) is 4.05. The van der Waals surface area contributed by atoms with Crippen LogP contribution in [0.2, 0.25) is 0 Å². The van der Waals surface area contributed by atoms with Crippen molar-refractivity contribution in [2.75, 3.05) is 11.4 Å². The lowest BCUT2D eigenvalue weighted by atomic mass is 9.93. The second-order valence-corrected chi connectivity index (χ2v) is 6.25. The Morgan fingerprint density at radius 1 is 1.35 bits per heavy atom. The van der Waals surface area contributed by atoms with Crippen molar-refractivity contribution < 1.29 is 0 Å². The van der Waals surface area contributed by atoms with Crippen LogP contribution in [0.3, 0.4) is 0 Å². The number of halogens is 1. The number of nitrogens with zero attached hydrogens (tertiary/aromatic N) is 3. The molecule has 1 aliphatic heterocycles. The van der Waals surface area contributed by atoms with Crippen molar-refractivity contribution >= 4 is 27.4 Å². The van der Waals surface area contributed by atoms with Crippen LogP contribution in [-0.4, -0.2) is 16.3 Å². The van der Waals surface area contributed by atoms with E-state index >= 15 is 0 Å². The van der Waals surface area contributed by atoms with Crippen molar-refractivity contribution in [3.63, 3.8) is 0 Å². The summed E-state index contributed by atoms with van der Waals surface area (Å²) in [6.45, 7) is 5.45. The van der Waals surface area contributed by atoms with Crippen molar-refractivity contribution in [2.24, 2.45) is 13.0 Å². The van der Waals surface area contributed by atoms with Crippen molar-refractivity contribution in [3.8, 4) is 0 Å². The van der Waals surface area contributed by atoms with E-state index < -0.39 is 0 Å². The zero-order valence-corrected chi connectivity index (χ0v) is 13.8. The van der Waals surface area contributed by atoms with Gasteiger partial charge >= 0.3 is 0 Å². The molecule has 1 aromatic heterocycles. The average molecular weight is 334 g/mol. The molecule has 0 amide bonds. The van der Waals surface area contributed by atoms with Crippen LogP contribution >= 0.6 is 15.9 Å². The van der Waals surface area contributed by atoms with E-state index in [4.69, 9.17) is 0 Å². The van der Waals surface area contributed by atoms with Crippen molar-refractivity contribution in [3.05, 3.63) is 41.1 Å². The molecule has 0 bridgehead atoms. The Hall–Kier alpha value is -1.29. The van der Waals surface area contributed by atoms with E-state index in [1.165, 1.54) is 22.6 Å². The molecule has 1 aromatic carbocycles. The third-order valence-corrected chi connectivity index (χ3v) is 4.61. The largest absolute Gasteiger partial charge is 0.326 e. The van der Waals surface area contributed by atoms with Crippen molar-refractivity contribution in [1.29, 1.82) is 0 Å². The predicted molar refractivity (Wildman–Crippen MR) is 86.9 cm³/mol. The van der Waals surface area contributed by atoms with Gasteiger partial charge in [0.1, 0.15) is 5.82 Å². The van der Waals surface area contributed by atoms with Gasteiger partial charge in [-0.2, -0.15) is 5.10 Å². The fourth-order valence-electron chi connectivity index (χ4n) is 3.18. The Balaban J connectivity index is 2.16. The summed E-state index contributed by atoms with van der Waals surface area (Å²) in [5.41, 5.74) is 5.16. The van der Waals surface area contributed by atoms with E-state index in [1.807, 2.05) is 11.7 Å². The van der Waals surface area contributed by atoms with Gasteiger partial charge in [-0.3, -0.25) is 4.68 Å². The highest BCUT2D eigenvalue weighted by atomic mass is 79.9. The van der Waals surface area contributed by atoms with Gasteiger partial charge in [-0.1, -0.05) is 41.1 Å². The normalized spacial score (nSPS) is 18.2. The molecule has 1 unspecified atom stereocenters. The monoisotopic (exact) mass is 333 g/mol. The average Bonchev–Trinajstić information content (AvgIpc) is 2.71. The molecule has 0 N–H and O–H groups in total. The molecule has 4 heteroatoms. The minimum atomic E-state index is 0.656. The summed E-state index contributed by atoms with van der Waals surface area (Å²) in [4.78, 5) is 2.43. The Morgan fingerprint density at radius 2 is 2.10 bits per heavy atom. The molecule has 2 aromatic rings. The molecule has 0 saturated heterocycles. The van der Waals surface area contributed by atoms with Crippen LogP contribution in [-0.2, 0) is 18.8 Å². The van der Waals surface area contributed by atoms with Crippen LogP contribution in [0.1, 0.15) is 23.7 Å². The Bertz CT molecular complexity index is 633. The minimum Gasteiger partial charge on any atom is -0.326 e. The lowest BCUT2D eigenvalue weighted by Gasteiger charge is -2.35. The first-order valence-electron chi connectivity index (χ1n) is 7.05. The third kappa shape index (κ3) is 2.16. The fraction of sp³-hybridized carbons (Fsp3) is 0.438. The zero-order valence-electron chi connectivity index (χ0n) is 12.2. The molecule has 0 aliphatic carbocycles. The van der Waals surface area contributed by atoms with Gasteiger partial charge in [0, 0.05) is 30.2 Å². The molecule has 1 aliphatic rings. The van der Waals surface area contributed by atoms with Gasteiger partial charge < -0.3 is 4.90 Å². The van der Waals surface area contributed by atoms with Crippen LogP contribution < -0.4 is 4.90 Å². The summed E-state index contributed by atoms with van der Waals surface area (Å²) in [6, 6.07) is 8.73. The maximum atomic E-state index is 4.60. The molecule has 1 atom stereocenters. The number of aromatic nitrogens is 2. The summed E-state index contributed by atoms with van der Waals surface area (Å²) >= 11 is 3.61. The first-order valence-corrected chi connectivity index (χ1v) is 8.17. The van der Waals surface area contributed by atoms with Gasteiger partial charge in [-0.25, -0.2) is 0 Å². The van der Waals surface area contributed by atoms with Gasteiger partial charge in [-0.05, 0) is 30.9 Å². The van der Waals surface area contributed by atoms with Gasteiger partial charge in [0.05, 0.1) is 5.69 Å². The summed E-state index contributed by atoms with van der Waals surface area (Å²) in [7, 11) is 2.04. The highest BCUT2D eigenvalue weighted by molar-refractivity contribution is 9.08. The Labute approximate surface area is 128 Å². The molecular weight excluding hydrogens is 314 g/mol. The van der Waals surface area contributed by atoms with E-state index in [0.29, 0.717) is 5.92 Å². The summed E-state index contributed by atoms with van der Waals surface area (Å²) in [5.74, 6) is 1.88. The maximum absolute atomic E-state index is 4.60. The number of benzene rings is 1. The van der Waals surface area contributed by atoms with Crippen LogP contribution in [0, 0.1) is 12.8 Å². The lowest BCUT2D eigenvalue weighted by molar-refractivity contribution is 0.553. The Morgan fingerprint density at radius 3 is 2.85 bits per heavy atom. The lowest BCUT2D eigenvalue weighted by Crippen LogP contribution is -2.32. The molecule has 0 radical (unpaired) electrons. The Kier molecular flexibility index (Phi) is 3.59. The highest BCUT2D eigenvalue weighted by Crippen LogP contribution is 2.38. The number of aryl methyl sites for hydroxylation is 2. The number of fused-ring (bicyclic) bond motifs is 1. The summed E-state index contributed by atoms with van der Waals surface area (Å²) in [5, 5.41) is 5.44. The highest BCUT2D eigenvalue weighted by Gasteiger charge is 2.27. The van der Waals surface area contributed by atoms with E-state index in [-0.39, 0.29) is 0 Å². The number of alkyl halides is 1. The quantitative estimate of drug-likeness (QED) is 0.776. The van der Waals surface area contributed by atoms with Crippen LogP contribution in [0.25, 0.3) is 0 Å². The number of anilines is 2. The van der Waals surface area contributed by atoms with E-state index in [1.54, 1.807) is 0 Å². The number of para-hydroxylation sites is 1. The molecule has 3 nitrogen and oxygen atoms in total. The molecule has 3 rings (SSSR count). The van der Waals surface area contributed by atoms with Crippen LogP contribution in [0.4, 0.5) is 11.5 Å². The number of hydrogen-bond donors (Lipinski definition) is 0. The van der Waals surface area contributed by atoms with Gasteiger partial charge in [-0.15, -0.1) is 0 Å². The summed E-state index contributed by atoms with van der Waals surface area (Å²) < 4.78 is 2.01. The smallest absolute Gasteiger partial charge is 0.135 e. The van der Waals surface area contributed by atoms with Gasteiger partial charge in [0.15, 0.2) is 0 Å². The second-order valence-electron chi connectivity index (χ2n) is 5.69.